The molecule has 6 nitrogen and oxygen atoms in total. The normalized spacial score (nSPS) is 18.3. The molecule has 1 aromatic rings. The first-order valence-corrected chi connectivity index (χ1v) is 9.01. The van der Waals surface area contributed by atoms with Gasteiger partial charge in [0.05, 0.1) is 4.90 Å². The van der Waals surface area contributed by atoms with E-state index in [0.717, 1.165) is 25.9 Å². The van der Waals surface area contributed by atoms with Gasteiger partial charge in [-0.1, -0.05) is 6.07 Å². The minimum absolute atomic E-state index is 0. The van der Waals surface area contributed by atoms with Gasteiger partial charge in [0.25, 0.3) is 5.91 Å². The molecule has 0 saturated carbocycles. The summed E-state index contributed by atoms with van der Waals surface area (Å²) in [6, 6.07) is 6.01. The monoisotopic (exact) mass is 361 g/mol. The van der Waals surface area contributed by atoms with Crippen molar-refractivity contribution in [3.63, 3.8) is 0 Å². The third-order valence-electron chi connectivity index (χ3n) is 3.43. The first-order chi connectivity index (χ1) is 10.4. The van der Waals surface area contributed by atoms with Crippen LogP contribution in [0.25, 0.3) is 0 Å². The highest BCUT2D eigenvalue weighted by Gasteiger charge is 2.19. The minimum Gasteiger partial charge on any atom is -0.348 e. The van der Waals surface area contributed by atoms with E-state index in [2.05, 4.69) is 15.4 Å². The van der Waals surface area contributed by atoms with Crippen LogP contribution in [0.1, 0.15) is 37.0 Å². The molecule has 1 fully saturated rings. The largest absolute Gasteiger partial charge is 0.348 e. The molecule has 23 heavy (non-hydrogen) atoms. The molecular weight excluding hydrogens is 338 g/mol. The Balaban J connectivity index is 0.00000264. The fourth-order valence-corrected chi connectivity index (χ4v) is 3.72. The van der Waals surface area contributed by atoms with Crippen molar-refractivity contribution in [1.29, 1.82) is 0 Å². The van der Waals surface area contributed by atoms with Crippen LogP contribution in [0.3, 0.4) is 0 Å². The molecule has 1 heterocycles. The van der Waals surface area contributed by atoms with Crippen LogP contribution in [-0.2, 0) is 10.0 Å². The standard InChI is InChI=1S/C15H23N3O3S.ClH/c1-11(2)18-22(20,21)14-7-3-5-12(9-14)15(19)17-13-6-4-8-16-10-13;/h3,5,7,9,11,13,16,18H,4,6,8,10H2,1-2H3,(H,17,19);1H/t13-;/m0./s1. The molecule has 130 valence electrons. The van der Waals surface area contributed by atoms with Crippen molar-refractivity contribution in [1.82, 2.24) is 15.4 Å². The molecule has 0 spiro atoms. The summed E-state index contributed by atoms with van der Waals surface area (Å²) in [6.07, 6.45) is 1.96. The zero-order valence-electron chi connectivity index (χ0n) is 13.3. The molecule has 0 unspecified atom stereocenters. The molecule has 8 heteroatoms. The van der Waals surface area contributed by atoms with Crippen LogP contribution in [0.2, 0.25) is 0 Å². The second kappa shape index (κ2) is 8.63. The molecule has 1 atom stereocenters. The molecule has 0 bridgehead atoms. The van der Waals surface area contributed by atoms with E-state index in [9.17, 15) is 13.2 Å². The van der Waals surface area contributed by atoms with Gasteiger partial charge in [-0.05, 0) is 51.4 Å². The van der Waals surface area contributed by atoms with Crippen LogP contribution in [0.15, 0.2) is 29.2 Å². The summed E-state index contributed by atoms with van der Waals surface area (Å²) in [5.74, 6) is -0.240. The van der Waals surface area contributed by atoms with Gasteiger partial charge in [0.2, 0.25) is 10.0 Å². The Labute approximate surface area is 143 Å². The fourth-order valence-electron chi connectivity index (χ4n) is 2.43. The predicted molar refractivity (Wildman–Crippen MR) is 92.5 cm³/mol. The summed E-state index contributed by atoms with van der Waals surface area (Å²) in [5, 5.41) is 6.17. The number of piperidine rings is 1. The smallest absolute Gasteiger partial charge is 0.251 e. The van der Waals surface area contributed by atoms with E-state index >= 15 is 0 Å². The Morgan fingerprint density at radius 2 is 2.09 bits per heavy atom. The molecule has 0 aromatic heterocycles. The molecule has 1 aromatic carbocycles. The Morgan fingerprint density at radius 1 is 1.35 bits per heavy atom. The number of nitrogens with one attached hydrogen (secondary N) is 3. The maximum absolute atomic E-state index is 12.3. The van der Waals surface area contributed by atoms with Gasteiger partial charge in [0.1, 0.15) is 0 Å². The van der Waals surface area contributed by atoms with E-state index in [1.807, 2.05) is 0 Å². The summed E-state index contributed by atoms with van der Waals surface area (Å²) < 4.78 is 26.8. The maximum atomic E-state index is 12.3. The summed E-state index contributed by atoms with van der Waals surface area (Å²) in [4.78, 5) is 12.4. The van der Waals surface area contributed by atoms with Crippen molar-refractivity contribution < 1.29 is 13.2 Å². The quantitative estimate of drug-likeness (QED) is 0.737. The van der Waals surface area contributed by atoms with E-state index in [4.69, 9.17) is 0 Å². The Kier molecular flexibility index (Phi) is 7.47. The second-order valence-corrected chi connectivity index (χ2v) is 7.53. The zero-order chi connectivity index (χ0) is 16.2. The van der Waals surface area contributed by atoms with Gasteiger partial charge in [-0.3, -0.25) is 4.79 Å². The summed E-state index contributed by atoms with van der Waals surface area (Å²) in [7, 11) is -3.59. The number of halogens is 1. The lowest BCUT2D eigenvalue weighted by molar-refractivity contribution is 0.0930. The number of amides is 1. The van der Waals surface area contributed by atoms with Gasteiger partial charge in [0, 0.05) is 24.2 Å². The van der Waals surface area contributed by atoms with Crippen molar-refractivity contribution in [2.75, 3.05) is 13.1 Å². The molecule has 1 saturated heterocycles. The minimum atomic E-state index is -3.59. The van der Waals surface area contributed by atoms with E-state index in [1.54, 1.807) is 26.0 Å². The lowest BCUT2D eigenvalue weighted by Gasteiger charge is -2.23. The van der Waals surface area contributed by atoms with Gasteiger partial charge in [0.15, 0.2) is 0 Å². The van der Waals surface area contributed by atoms with E-state index in [0.29, 0.717) is 5.56 Å². The third-order valence-corrected chi connectivity index (χ3v) is 5.09. The molecule has 1 aliphatic rings. The molecule has 1 aliphatic heterocycles. The molecule has 2 rings (SSSR count). The van der Waals surface area contributed by atoms with E-state index in [-0.39, 0.29) is 35.3 Å². The van der Waals surface area contributed by atoms with Crippen molar-refractivity contribution >= 4 is 28.3 Å². The Hall–Kier alpha value is -1.15. The number of carbonyl (C=O) groups excluding carboxylic acids is 1. The highest BCUT2D eigenvalue weighted by Crippen LogP contribution is 2.13. The number of carbonyl (C=O) groups is 1. The van der Waals surface area contributed by atoms with Crippen LogP contribution in [0.4, 0.5) is 0 Å². The van der Waals surface area contributed by atoms with Gasteiger partial charge >= 0.3 is 0 Å². The van der Waals surface area contributed by atoms with Crippen molar-refractivity contribution in [2.24, 2.45) is 0 Å². The average Bonchev–Trinajstić information content (AvgIpc) is 2.47. The van der Waals surface area contributed by atoms with Gasteiger partial charge in [-0.25, -0.2) is 13.1 Å². The highest BCUT2D eigenvalue weighted by atomic mass is 35.5. The first-order valence-electron chi connectivity index (χ1n) is 7.52. The fraction of sp³-hybridized carbons (Fsp3) is 0.533. The van der Waals surface area contributed by atoms with Crippen LogP contribution >= 0.6 is 12.4 Å². The molecule has 3 N–H and O–H groups in total. The van der Waals surface area contributed by atoms with Crippen molar-refractivity contribution in [3.8, 4) is 0 Å². The van der Waals surface area contributed by atoms with Crippen LogP contribution in [0.5, 0.6) is 0 Å². The lowest BCUT2D eigenvalue weighted by atomic mass is 10.1. The highest BCUT2D eigenvalue weighted by molar-refractivity contribution is 7.89. The number of benzene rings is 1. The van der Waals surface area contributed by atoms with Crippen LogP contribution in [0, 0.1) is 0 Å². The van der Waals surface area contributed by atoms with Crippen LogP contribution < -0.4 is 15.4 Å². The van der Waals surface area contributed by atoms with Crippen molar-refractivity contribution in [3.05, 3.63) is 29.8 Å². The topological polar surface area (TPSA) is 87.3 Å². The average molecular weight is 362 g/mol. The van der Waals surface area contributed by atoms with Crippen LogP contribution in [-0.4, -0.2) is 39.5 Å². The number of hydrogen-bond acceptors (Lipinski definition) is 4. The number of sulfonamides is 1. The third kappa shape index (κ3) is 5.76. The zero-order valence-corrected chi connectivity index (χ0v) is 15.0. The van der Waals surface area contributed by atoms with Gasteiger partial charge < -0.3 is 10.6 Å². The first kappa shape index (κ1) is 19.9. The van der Waals surface area contributed by atoms with E-state index in [1.165, 1.54) is 12.1 Å². The SMILES string of the molecule is CC(C)NS(=O)(=O)c1cccc(C(=O)N[C@H]2CCCNC2)c1.Cl. The molecular formula is C15H24ClN3O3S. The summed E-state index contributed by atoms with van der Waals surface area (Å²) in [6.45, 7) is 5.23. The number of hydrogen-bond donors (Lipinski definition) is 3. The Morgan fingerprint density at radius 3 is 2.70 bits per heavy atom. The van der Waals surface area contributed by atoms with Gasteiger partial charge in [-0.15, -0.1) is 12.4 Å². The molecule has 1 amide bonds. The van der Waals surface area contributed by atoms with Crippen molar-refractivity contribution in [2.45, 2.75) is 43.7 Å². The Bertz CT molecular complexity index is 629. The molecule has 0 aliphatic carbocycles. The molecule has 0 radical (unpaired) electrons. The van der Waals surface area contributed by atoms with E-state index < -0.39 is 10.0 Å². The second-order valence-electron chi connectivity index (χ2n) is 5.82. The lowest BCUT2D eigenvalue weighted by Crippen LogP contribution is -2.45. The maximum Gasteiger partial charge on any atom is 0.251 e. The predicted octanol–water partition coefficient (Wildman–Crippen LogP) is 1.28. The number of rotatable bonds is 5. The van der Waals surface area contributed by atoms with Gasteiger partial charge in [-0.2, -0.15) is 0 Å². The summed E-state index contributed by atoms with van der Waals surface area (Å²) in [5.41, 5.74) is 0.359. The summed E-state index contributed by atoms with van der Waals surface area (Å²) >= 11 is 0.